The zero-order valence-corrected chi connectivity index (χ0v) is 11.8. The maximum absolute atomic E-state index is 9.75. The molecule has 0 bridgehead atoms. The highest BCUT2D eigenvalue weighted by Gasteiger charge is 2.20. The Morgan fingerprint density at radius 1 is 1.05 bits per heavy atom. The van der Waals surface area contributed by atoms with Crippen LogP contribution < -0.4 is 4.90 Å². The van der Waals surface area contributed by atoms with Crippen molar-refractivity contribution in [2.75, 3.05) is 13.7 Å². The highest BCUT2D eigenvalue weighted by Crippen LogP contribution is 2.07. The predicted molar refractivity (Wildman–Crippen MR) is 73.1 cm³/mol. The van der Waals surface area contributed by atoms with Crippen molar-refractivity contribution in [3.63, 3.8) is 0 Å². The van der Waals surface area contributed by atoms with Crippen LogP contribution in [0, 0.1) is 0 Å². The van der Waals surface area contributed by atoms with Crippen molar-refractivity contribution >= 4 is 13.1 Å². The SMILES string of the molecule is C[NH+]1C=CN=C1CCCCCCCCO.F[B-](F)(F)F. The van der Waals surface area contributed by atoms with E-state index < -0.39 is 7.25 Å². The fraction of sp³-hybridized carbons (Fsp3) is 0.750. The Labute approximate surface area is 117 Å². The van der Waals surface area contributed by atoms with Crippen LogP contribution in [0.1, 0.15) is 44.9 Å². The predicted octanol–water partition coefficient (Wildman–Crippen LogP) is 2.41. The number of hydrogen-bond donors (Lipinski definition) is 2. The molecule has 0 aromatic carbocycles. The summed E-state index contributed by atoms with van der Waals surface area (Å²) in [7, 11) is -3.87. The van der Waals surface area contributed by atoms with Crippen molar-refractivity contribution in [3.05, 3.63) is 12.4 Å². The number of nitrogens with zero attached hydrogens (tertiary/aromatic N) is 1. The molecule has 0 spiro atoms. The number of rotatable bonds is 8. The van der Waals surface area contributed by atoms with Gasteiger partial charge in [0.15, 0.2) is 0 Å². The molecule has 1 rings (SSSR count). The summed E-state index contributed by atoms with van der Waals surface area (Å²) in [5, 5.41) is 8.62. The summed E-state index contributed by atoms with van der Waals surface area (Å²) in [5.74, 6) is 1.27. The van der Waals surface area contributed by atoms with Crippen molar-refractivity contribution in [2.45, 2.75) is 44.9 Å². The first-order valence-corrected chi connectivity index (χ1v) is 6.90. The Bertz CT molecular complexity index is 302. The fourth-order valence-corrected chi connectivity index (χ4v) is 1.81. The third-order valence-corrected chi connectivity index (χ3v) is 2.83. The molecule has 118 valence electrons. The average Bonchev–Trinajstić information content (AvgIpc) is 2.72. The molecule has 0 fully saturated rings. The Morgan fingerprint density at radius 3 is 2.00 bits per heavy atom. The summed E-state index contributed by atoms with van der Waals surface area (Å²) in [4.78, 5) is 5.66. The van der Waals surface area contributed by atoms with Crippen molar-refractivity contribution in [1.29, 1.82) is 0 Å². The summed E-state index contributed by atoms with van der Waals surface area (Å²) < 4.78 is 39.0. The molecule has 1 aliphatic heterocycles. The molecule has 20 heavy (non-hydrogen) atoms. The van der Waals surface area contributed by atoms with Crippen LogP contribution >= 0.6 is 0 Å². The molecule has 1 unspecified atom stereocenters. The lowest BCUT2D eigenvalue weighted by Crippen LogP contribution is -3.06. The Balaban J connectivity index is 0.000000621. The maximum atomic E-state index is 9.75. The minimum atomic E-state index is -6.00. The quantitative estimate of drug-likeness (QED) is 0.403. The summed E-state index contributed by atoms with van der Waals surface area (Å²) in [6.07, 6.45) is 12.3. The molecule has 0 aromatic heterocycles. The van der Waals surface area contributed by atoms with Gasteiger partial charge >= 0.3 is 7.25 Å². The van der Waals surface area contributed by atoms with Crippen LogP contribution in [0.5, 0.6) is 0 Å². The molecule has 0 radical (unpaired) electrons. The third kappa shape index (κ3) is 13.5. The number of aliphatic imine (C=N–C) groups is 1. The van der Waals surface area contributed by atoms with E-state index in [1.54, 1.807) is 0 Å². The van der Waals surface area contributed by atoms with E-state index in [9.17, 15) is 17.3 Å². The van der Waals surface area contributed by atoms with Gasteiger partial charge in [-0.1, -0.05) is 25.7 Å². The second-order valence-electron chi connectivity index (χ2n) is 4.66. The van der Waals surface area contributed by atoms with Crippen molar-refractivity contribution in [2.24, 2.45) is 4.99 Å². The molecule has 0 saturated heterocycles. The minimum absolute atomic E-state index is 0.344. The maximum Gasteiger partial charge on any atom is 0.673 e. The number of aliphatic hydroxyl groups is 1. The molecule has 0 aromatic rings. The van der Waals surface area contributed by atoms with Gasteiger partial charge in [-0.05, 0) is 12.8 Å². The average molecular weight is 298 g/mol. The van der Waals surface area contributed by atoms with Crippen molar-refractivity contribution in [1.82, 2.24) is 0 Å². The van der Waals surface area contributed by atoms with Gasteiger partial charge in [0, 0.05) is 13.0 Å². The molecule has 0 saturated carbocycles. The lowest BCUT2D eigenvalue weighted by Gasteiger charge is -2.05. The Hall–Kier alpha value is -0.885. The number of nitrogens with one attached hydrogen (secondary N) is 1. The fourth-order valence-electron chi connectivity index (χ4n) is 1.81. The topological polar surface area (TPSA) is 37.0 Å². The smallest absolute Gasteiger partial charge is 0.418 e. The summed E-state index contributed by atoms with van der Waals surface area (Å²) in [6.45, 7) is 0.344. The van der Waals surface area contributed by atoms with E-state index in [2.05, 4.69) is 18.2 Å². The normalized spacial score (nSPS) is 17.7. The molecule has 2 N–H and O–H groups in total. The number of amidine groups is 1. The van der Waals surface area contributed by atoms with E-state index in [-0.39, 0.29) is 0 Å². The molecular weight excluding hydrogens is 275 g/mol. The second-order valence-corrected chi connectivity index (χ2v) is 4.66. The van der Waals surface area contributed by atoms with Gasteiger partial charge in [0.2, 0.25) is 5.84 Å². The molecule has 1 aliphatic rings. The van der Waals surface area contributed by atoms with Gasteiger partial charge in [-0.15, -0.1) is 0 Å². The van der Waals surface area contributed by atoms with E-state index in [1.165, 1.54) is 42.8 Å². The van der Waals surface area contributed by atoms with Gasteiger partial charge < -0.3 is 22.4 Å². The third-order valence-electron chi connectivity index (χ3n) is 2.83. The number of hydrogen-bond acceptors (Lipinski definition) is 2. The van der Waals surface area contributed by atoms with E-state index in [0.29, 0.717) is 6.61 Å². The minimum Gasteiger partial charge on any atom is -0.418 e. The van der Waals surface area contributed by atoms with Gasteiger partial charge in [-0.25, -0.2) is 4.99 Å². The van der Waals surface area contributed by atoms with Crippen molar-refractivity contribution < 1.29 is 27.3 Å². The highest BCUT2D eigenvalue weighted by atomic mass is 19.5. The number of unbranched alkanes of at least 4 members (excludes halogenated alkanes) is 5. The van der Waals surface area contributed by atoms with Gasteiger partial charge in [0.05, 0.1) is 13.2 Å². The summed E-state index contributed by atoms with van der Waals surface area (Å²) in [5.41, 5.74) is 0. The molecule has 8 heteroatoms. The van der Waals surface area contributed by atoms with Crippen LogP contribution in [0.3, 0.4) is 0 Å². The molecule has 1 heterocycles. The van der Waals surface area contributed by atoms with E-state index in [1.807, 2.05) is 6.20 Å². The molecule has 0 aliphatic carbocycles. The number of halogens is 4. The molecule has 1 atom stereocenters. The first kappa shape index (κ1) is 19.1. The number of quaternary nitrogens is 1. The Morgan fingerprint density at radius 2 is 1.55 bits per heavy atom. The van der Waals surface area contributed by atoms with Crippen LogP contribution in [-0.2, 0) is 0 Å². The monoisotopic (exact) mass is 298 g/mol. The second kappa shape index (κ2) is 10.8. The van der Waals surface area contributed by atoms with Crippen molar-refractivity contribution in [3.8, 4) is 0 Å². The first-order chi connectivity index (χ1) is 9.34. The van der Waals surface area contributed by atoms with Crippen LogP contribution in [0.15, 0.2) is 17.4 Å². The lowest BCUT2D eigenvalue weighted by atomic mass is 10.1. The van der Waals surface area contributed by atoms with Gasteiger partial charge in [0.25, 0.3) is 0 Å². The van der Waals surface area contributed by atoms with Crippen LogP contribution in [0.4, 0.5) is 17.3 Å². The summed E-state index contributed by atoms with van der Waals surface area (Å²) in [6, 6.07) is 0. The molecule has 0 amide bonds. The Kier molecular flexibility index (Phi) is 10.4. The zero-order valence-electron chi connectivity index (χ0n) is 11.8. The van der Waals surface area contributed by atoms with E-state index >= 15 is 0 Å². The molecular formula is C12H23BF4N2O. The summed E-state index contributed by atoms with van der Waals surface area (Å²) >= 11 is 0. The highest BCUT2D eigenvalue weighted by molar-refractivity contribution is 6.50. The lowest BCUT2D eigenvalue weighted by molar-refractivity contribution is -0.719. The largest absolute Gasteiger partial charge is 0.673 e. The van der Waals surface area contributed by atoms with Gasteiger partial charge in [0.1, 0.15) is 6.20 Å². The van der Waals surface area contributed by atoms with Gasteiger partial charge in [-0.3, -0.25) is 4.90 Å². The van der Waals surface area contributed by atoms with Crippen LogP contribution in [0.25, 0.3) is 0 Å². The van der Waals surface area contributed by atoms with Gasteiger partial charge in [-0.2, -0.15) is 0 Å². The van der Waals surface area contributed by atoms with E-state index in [0.717, 1.165) is 12.8 Å². The molecule has 3 nitrogen and oxygen atoms in total. The standard InChI is InChI=1S/C12H22N2O.BF4/c1-14-10-9-13-12(14)8-6-4-2-3-5-7-11-15;2-1(3,4)5/h9-10,15H,2-8,11H2,1H3;/q;-1/p+1. The number of aliphatic hydroxyl groups excluding tert-OH is 1. The van der Waals surface area contributed by atoms with Crippen LogP contribution in [0.2, 0.25) is 0 Å². The first-order valence-electron chi connectivity index (χ1n) is 6.90. The van der Waals surface area contributed by atoms with E-state index in [4.69, 9.17) is 5.11 Å². The zero-order chi connectivity index (χ0) is 15.4. The van der Waals surface area contributed by atoms with Crippen LogP contribution in [-0.4, -0.2) is 31.9 Å².